The highest BCUT2D eigenvalue weighted by Crippen LogP contribution is 2.45. The van der Waals surface area contributed by atoms with Crippen molar-refractivity contribution in [2.45, 2.75) is 46.1 Å². The van der Waals surface area contributed by atoms with Crippen LogP contribution in [0.25, 0.3) is 0 Å². The van der Waals surface area contributed by atoms with Crippen molar-refractivity contribution in [1.82, 2.24) is 0 Å². The van der Waals surface area contributed by atoms with Gasteiger partial charge in [-0.1, -0.05) is 13.3 Å². The molecule has 1 fully saturated rings. The first kappa shape index (κ1) is 25.1. The molecule has 8 nitrogen and oxygen atoms in total. The van der Waals surface area contributed by atoms with Gasteiger partial charge in [0, 0.05) is 37.6 Å². The topological polar surface area (TPSA) is 125 Å². The third-order valence-corrected chi connectivity index (χ3v) is 7.19. The maximum absolute atomic E-state index is 15.9. The zero-order valence-electron chi connectivity index (χ0n) is 19.5. The number of aliphatic carboxylic acids is 1. The number of nitrogens with one attached hydrogen (secondary N) is 1. The summed E-state index contributed by atoms with van der Waals surface area (Å²) in [5.41, 5.74) is 9.96. The number of halogens is 1. The third-order valence-electron chi connectivity index (χ3n) is 5.98. The highest BCUT2D eigenvalue weighted by Gasteiger charge is 2.36. The number of nitrogens with zero attached hydrogens (tertiary/aromatic N) is 2. The van der Waals surface area contributed by atoms with E-state index in [1.165, 1.54) is 11.8 Å². The number of nitrogen functional groups attached to an aromatic ring is 1. The number of fused-ring (bicyclic) bond motifs is 2. The van der Waals surface area contributed by atoms with E-state index < -0.39 is 17.6 Å². The number of benzene rings is 1. The highest BCUT2D eigenvalue weighted by molar-refractivity contribution is 8.05. The quantitative estimate of drug-likeness (QED) is 0.277. The van der Waals surface area contributed by atoms with Crippen molar-refractivity contribution in [3.63, 3.8) is 0 Å². The molecular formula is C23H32FN5O3S. The van der Waals surface area contributed by atoms with Crippen LogP contribution < -0.4 is 26.8 Å². The predicted octanol–water partition coefficient (Wildman–Crippen LogP) is 3.37. The first-order valence-electron chi connectivity index (χ1n) is 11.0. The van der Waals surface area contributed by atoms with Gasteiger partial charge in [0.25, 0.3) is 0 Å². The lowest BCUT2D eigenvalue weighted by Gasteiger charge is -2.42. The average molecular weight is 478 g/mol. The number of nitrogens with two attached hydrogens (primary N) is 2. The Morgan fingerprint density at radius 1 is 1.33 bits per heavy atom. The fourth-order valence-electron chi connectivity index (χ4n) is 4.40. The van der Waals surface area contributed by atoms with Gasteiger partial charge in [0.2, 0.25) is 5.78 Å². The number of hydrogen-bond acceptors (Lipinski definition) is 8. The zero-order chi connectivity index (χ0) is 24.4. The average Bonchev–Trinajstić information content (AvgIpc) is 2.73. The minimum atomic E-state index is -1.33. The molecular weight excluding hydrogens is 445 g/mol. The molecule has 33 heavy (non-hydrogen) atoms. The number of carbonyl (C=O) groups is 2. The molecule has 0 aliphatic carbocycles. The molecule has 1 aromatic rings. The lowest BCUT2D eigenvalue weighted by atomic mass is 9.92. The number of thioether (sulfide) groups is 1. The fraction of sp³-hybridized carbons (Fsp3) is 0.478. The maximum atomic E-state index is 15.9. The molecule has 1 saturated heterocycles. The van der Waals surface area contributed by atoms with Gasteiger partial charge >= 0.3 is 5.97 Å². The van der Waals surface area contributed by atoms with Gasteiger partial charge in [0.15, 0.2) is 5.82 Å². The molecule has 0 radical (unpaired) electrons. The molecule has 6 N–H and O–H groups in total. The molecule has 2 bridgehead atoms. The number of hydrazine groups is 1. The SMILES string of the molecule is CCCC/C1=C(/C(=O)O)C(=O)c2c(C)c(c(N3CC(N)C3)c(F)c2NN)N(C)C/C(C)=C/S1. The van der Waals surface area contributed by atoms with E-state index in [1.54, 1.807) is 6.92 Å². The van der Waals surface area contributed by atoms with Crippen molar-refractivity contribution in [2.75, 3.05) is 41.9 Å². The number of unbranched alkanes of at least 4 members (excludes halogenated alkanes) is 1. The zero-order valence-corrected chi connectivity index (χ0v) is 20.3. The predicted molar refractivity (Wildman–Crippen MR) is 132 cm³/mol. The number of carboxylic acid groups (broad SMARTS) is 1. The Hall–Kier alpha value is -2.56. The molecule has 1 aromatic carbocycles. The summed E-state index contributed by atoms with van der Waals surface area (Å²) in [7, 11) is 1.83. The van der Waals surface area contributed by atoms with E-state index in [-0.39, 0.29) is 22.9 Å². The number of carboxylic acids is 1. The summed E-state index contributed by atoms with van der Waals surface area (Å²) in [6.45, 7) is 7.06. The Bertz CT molecular complexity index is 1030. The van der Waals surface area contributed by atoms with E-state index in [0.717, 1.165) is 18.4 Å². The normalized spacial score (nSPS) is 21.3. The molecule has 2 aliphatic rings. The summed E-state index contributed by atoms with van der Waals surface area (Å²) in [4.78, 5) is 30.2. The number of Topliss-reactive ketones (excluding diaryl/α,β-unsaturated/α-hetero) is 1. The minimum Gasteiger partial charge on any atom is -0.478 e. The Morgan fingerprint density at radius 3 is 2.55 bits per heavy atom. The largest absolute Gasteiger partial charge is 0.478 e. The Labute approximate surface area is 197 Å². The van der Waals surface area contributed by atoms with Gasteiger partial charge in [-0.05, 0) is 43.2 Å². The molecule has 3 rings (SSSR count). The molecule has 0 atom stereocenters. The van der Waals surface area contributed by atoms with E-state index in [4.69, 9.17) is 11.6 Å². The molecule has 2 heterocycles. The van der Waals surface area contributed by atoms with Gasteiger partial charge in [-0.25, -0.2) is 9.18 Å². The van der Waals surface area contributed by atoms with E-state index in [1.807, 2.05) is 36.1 Å². The number of carbonyl (C=O) groups excluding carboxylic acids is 1. The van der Waals surface area contributed by atoms with E-state index >= 15 is 4.39 Å². The number of likely N-dealkylation sites (N-methyl/N-ethyl adjacent to an activating group) is 1. The summed E-state index contributed by atoms with van der Waals surface area (Å²) in [5, 5.41) is 11.9. The van der Waals surface area contributed by atoms with Crippen LogP contribution in [0.4, 0.5) is 21.5 Å². The summed E-state index contributed by atoms with van der Waals surface area (Å²) in [6.07, 6.45) is 2.02. The first-order valence-corrected chi connectivity index (χ1v) is 11.9. The molecule has 0 unspecified atom stereocenters. The summed E-state index contributed by atoms with van der Waals surface area (Å²) < 4.78 is 15.9. The van der Waals surface area contributed by atoms with E-state index in [0.29, 0.717) is 47.9 Å². The van der Waals surface area contributed by atoms with Crippen LogP contribution in [0, 0.1) is 12.7 Å². The van der Waals surface area contributed by atoms with Crippen molar-refractivity contribution in [1.29, 1.82) is 0 Å². The van der Waals surface area contributed by atoms with Gasteiger partial charge in [-0.15, -0.1) is 11.8 Å². The van der Waals surface area contributed by atoms with Crippen LogP contribution >= 0.6 is 11.8 Å². The van der Waals surface area contributed by atoms with Crippen molar-refractivity contribution in [3.8, 4) is 0 Å². The van der Waals surface area contributed by atoms with Crippen molar-refractivity contribution < 1.29 is 19.1 Å². The number of ketones is 1. The molecule has 10 heteroatoms. The van der Waals surface area contributed by atoms with Gasteiger partial charge in [0.1, 0.15) is 5.57 Å². The standard InChI is InChI=1S/C23H32FN5O3S/c1-5-6-7-15-17(23(31)32)22(30)16-13(3)20(28(4)8-12(2)11-33-15)21(18(24)19(16)27-26)29-9-14(25)10-29/h11,14,27H,5-10,25-26H2,1-4H3,(H,31,32)/b12-11+,17-15-. The Kier molecular flexibility index (Phi) is 7.71. The lowest BCUT2D eigenvalue weighted by Crippen LogP contribution is -2.56. The van der Waals surface area contributed by atoms with Gasteiger partial charge in [0.05, 0.1) is 22.6 Å². The molecule has 0 amide bonds. The summed E-state index contributed by atoms with van der Waals surface area (Å²) in [5.74, 6) is 2.92. The van der Waals surface area contributed by atoms with Crippen LogP contribution in [0.1, 0.15) is 49.0 Å². The second-order valence-corrected chi connectivity index (χ2v) is 9.63. The lowest BCUT2D eigenvalue weighted by molar-refractivity contribution is -0.132. The van der Waals surface area contributed by atoms with Gasteiger partial charge < -0.3 is 26.1 Å². The van der Waals surface area contributed by atoms with Crippen LogP contribution in [0.3, 0.4) is 0 Å². The second kappa shape index (κ2) is 10.1. The number of anilines is 3. The van der Waals surface area contributed by atoms with E-state index in [2.05, 4.69) is 5.43 Å². The molecule has 0 aromatic heterocycles. The molecule has 0 spiro atoms. The van der Waals surface area contributed by atoms with E-state index in [9.17, 15) is 14.7 Å². The fourth-order valence-corrected chi connectivity index (χ4v) is 5.37. The van der Waals surface area contributed by atoms with Crippen molar-refractivity contribution >= 4 is 40.6 Å². The molecule has 2 aliphatic heterocycles. The number of rotatable bonds is 6. The molecule has 0 saturated carbocycles. The monoisotopic (exact) mass is 477 g/mol. The van der Waals surface area contributed by atoms with Crippen LogP contribution in [-0.2, 0) is 4.79 Å². The number of allylic oxidation sites excluding steroid dienone is 1. The minimum absolute atomic E-state index is 0.0584. The Morgan fingerprint density at radius 2 is 2.00 bits per heavy atom. The smallest absolute Gasteiger partial charge is 0.340 e. The first-order chi connectivity index (χ1) is 15.6. The van der Waals surface area contributed by atoms with Crippen molar-refractivity contribution in [3.05, 3.63) is 38.4 Å². The maximum Gasteiger partial charge on any atom is 0.340 e. The second-order valence-electron chi connectivity index (χ2n) is 8.67. The van der Waals surface area contributed by atoms with Crippen LogP contribution in [-0.4, -0.2) is 49.6 Å². The van der Waals surface area contributed by atoms with Crippen molar-refractivity contribution in [2.24, 2.45) is 11.6 Å². The molecule has 180 valence electrons. The highest BCUT2D eigenvalue weighted by atomic mass is 32.2. The summed E-state index contributed by atoms with van der Waals surface area (Å²) >= 11 is 1.25. The van der Waals surface area contributed by atoms with Crippen LogP contribution in [0.15, 0.2) is 21.5 Å². The third kappa shape index (κ3) is 4.73. The number of hydrogen-bond donors (Lipinski definition) is 4. The summed E-state index contributed by atoms with van der Waals surface area (Å²) in [6, 6.07) is -0.0683. The van der Waals surface area contributed by atoms with Crippen LogP contribution in [0.2, 0.25) is 0 Å². The Balaban J connectivity index is 2.36. The van der Waals surface area contributed by atoms with Crippen LogP contribution in [0.5, 0.6) is 0 Å². The van der Waals surface area contributed by atoms with Gasteiger partial charge in [-0.3, -0.25) is 10.6 Å². The van der Waals surface area contributed by atoms with Gasteiger partial charge in [-0.2, -0.15) is 0 Å².